The van der Waals surface area contributed by atoms with E-state index < -0.39 is 0 Å². The Labute approximate surface area is 259 Å². The number of nitrogens with zero attached hydrogens (tertiary/aromatic N) is 1. The van der Waals surface area contributed by atoms with E-state index in [-0.39, 0.29) is 5.41 Å². The van der Waals surface area contributed by atoms with Crippen LogP contribution in [0.3, 0.4) is 0 Å². The molecular formula is C43H27NO. The molecule has 45 heavy (non-hydrogen) atoms. The highest BCUT2D eigenvalue weighted by Crippen LogP contribution is 2.54. The zero-order valence-electron chi connectivity index (χ0n) is 25.0. The van der Waals surface area contributed by atoms with Gasteiger partial charge in [0.25, 0.3) is 0 Å². The number of rotatable bonds is 1. The lowest BCUT2D eigenvalue weighted by Crippen LogP contribution is -2.15. The SMILES string of the molecule is CC1(C)c2ccccc2-c2cc3c4ccccc4n(-c4ccc5c6c(cccc46)-c4c-5ccc5oc6ccccc6c45)c3cc21. The predicted molar refractivity (Wildman–Crippen MR) is 188 cm³/mol. The molecule has 210 valence electrons. The molecule has 0 radical (unpaired) electrons. The van der Waals surface area contributed by atoms with Crippen LogP contribution in [-0.4, -0.2) is 4.57 Å². The van der Waals surface area contributed by atoms with Crippen LogP contribution in [0.2, 0.25) is 0 Å². The maximum atomic E-state index is 6.32. The molecule has 2 aliphatic carbocycles. The Bertz CT molecular complexity index is 2790. The van der Waals surface area contributed by atoms with Gasteiger partial charge in [-0.15, -0.1) is 0 Å². The summed E-state index contributed by atoms with van der Waals surface area (Å²) >= 11 is 0. The van der Waals surface area contributed by atoms with Crippen LogP contribution in [0, 0.1) is 0 Å². The summed E-state index contributed by atoms with van der Waals surface area (Å²) in [6.07, 6.45) is 0. The molecule has 0 spiro atoms. The Hall–Kier alpha value is -5.60. The molecule has 11 rings (SSSR count). The van der Waals surface area contributed by atoms with Gasteiger partial charge in [-0.2, -0.15) is 0 Å². The molecule has 0 fully saturated rings. The minimum atomic E-state index is -0.0657. The highest BCUT2D eigenvalue weighted by atomic mass is 16.3. The number of benzene rings is 7. The zero-order valence-corrected chi connectivity index (χ0v) is 25.0. The van der Waals surface area contributed by atoms with Crippen LogP contribution in [-0.2, 0) is 5.41 Å². The maximum absolute atomic E-state index is 6.32. The summed E-state index contributed by atoms with van der Waals surface area (Å²) in [4.78, 5) is 0. The van der Waals surface area contributed by atoms with Gasteiger partial charge in [-0.05, 0) is 86.8 Å². The summed E-state index contributed by atoms with van der Waals surface area (Å²) in [6.45, 7) is 4.74. The second-order valence-electron chi connectivity index (χ2n) is 13.3. The molecule has 0 atom stereocenters. The van der Waals surface area contributed by atoms with Crippen molar-refractivity contribution < 1.29 is 4.42 Å². The van der Waals surface area contributed by atoms with Crippen molar-refractivity contribution in [1.29, 1.82) is 0 Å². The Morgan fingerprint density at radius 2 is 1.22 bits per heavy atom. The van der Waals surface area contributed by atoms with Gasteiger partial charge in [0.15, 0.2) is 0 Å². The third-order valence-electron chi connectivity index (χ3n) is 10.7. The molecule has 0 unspecified atom stereocenters. The minimum absolute atomic E-state index is 0.0657. The van der Waals surface area contributed by atoms with Gasteiger partial charge < -0.3 is 8.98 Å². The van der Waals surface area contributed by atoms with E-state index in [2.05, 4.69) is 140 Å². The summed E-state index contributed by atoms with van der Waals surface area (Å²) in [7, 11) is 0. The number of para-hydroxylation sites is 2. The van der Waals surface area contributed by atoms with Gasteiger partial charge in [-0.25, -0.2) is 0 Å². The fourth-order valence-corrected chi connectivity index (χ4v) is 8.76. The second-order valence-corrected chi connectivity index (χ2v) is 13.3. The monoisotopic (exact) mass is 573 g/mol. The van der Waals surface area contributed by atoms with Gasteiger partial charge in [0.05, 0.1) is 16.7 Å². The molecule has 2 nitrogen and oxygen atoms in total. The molecule has 7 aromatic carbocycles. The van der Waals surface area contributed by atoms with Crippen molar-refractivity contribution in [3.05, 3.63) is 139 Å². The third kappa shape index (κ3) is 2.78. The summed E-state index contributed by atoms with van der Waals surface area (Å²) in [5.74, 6) is 0. The van der Waals surface area contributed by atoms with Crippen LogP contribution in [0.5, 0.6) is 0 Å². The number of aromatic nitrogens is 1. The minimum Gasteiger partial charge on any atom is -0.456 e. The van der Waals surface area contributed by atoms with Crippen LogP contribution in [0.25, 0.3) is 93.6 Å². The molecule has 0 N–H and O–H groups in total. The van der Waals surface area contributed by atoms with Crippen LogP contribution in [0.4, 0.5) is 0 Å². The van der Waals surface area contributed by atoms with Gasteiger partial charge in [0.2, 0.25) is 0 Å². The Kier molecular flexibility index (Phi) is 4.19. The van der Waals surface area contributed by atoms with Crippen molar-refractivity contribution in [3.8, 4) is 39.1 Å². The maximum Gasteiger partial charge on any atom is 0.136 e. The topological polar surface area (TPSA) is 18.1 Å². The predicted octanol–water partition coefficient (Wildman–Crippen LogP) is 11.8. The van der Waals surface area contributed by atoms with Gasteiger partial charge in [0, 0.05) is 37.9 Å². The van der Waals surface area contributed by atoms with Crippen molar-refractivity contribution in [2.24, 2.45) is 0 Å². The molecule has 2 aromatic heterocycles. The van der Waals surface area contributed by atoms with E-state index in [1.807, 2.05) is 6.07 Å². The molecule has 0 bridgehead atoms. The first kappa shape index (κ1) is 23.8. The van der Waals surface area contributed by atoms with Crippen LogP contribution in [0.1, 0.15) is 25.0 Å². The fourth-order valence-electron chi connectivity index (χ4n) is 8.76. The van der Waals surface area contributed by atoms with Gasteiger partial charge in [0.1, 0.15) is 11.2 Å². The van der Waals surface area contributed by atoms with E-state index in [4.69, 9.17) is 4.42 Å². The smallest absolute Gasteiger partial charge is 0.136 e. The van der Waals surface area contributed by atoms with Crippen molar-refractivity contribution in [2.45, 2.75) is 19.3 Å². The molecule has 0 aliphatic heterocycles. The van der Waals surface area contributed by atoms with Crippen molar-refractivity contribution in [2.75, 3.05) is 0 Å². The lowest BCUT2D eigenvalue weighted by Gasteiger charge is -2.22. The highest BCUT2D eigenvalue weighted by molar-refractivity contribution is 6.26. The molecule has 0 saturated heterocycles. The summed E-state index contributed by atoms with van der Waals surface area (Å²) in [5.41, 5.74) is 16.2. The van der Waals surface area contributed by atoms with Gasteiger partial charge in [-0.1, -0.05) is 98.8 Å². The Morgan fingerprint density at radius 1 is 0.467 bits per heavy atom. The second kappa shape index (κ2) is 7.91. The number of hydrogen-bond acceptors (Lipinski definition) is 1. The number of fused-ring (bicyclic) bond motifs is 13. The first-order chi connectivity index (χ1) is 22.1. The lowest BCUT2D eigenvalue weighted by molar-refractivity contribution is 0.661. The van der Waals surface area contributed by atoms with E-state index >= 15 is 0 Å². The normalized spacial score (nSPS) is 14.2. The molecule has 0 amide bonds. The molecule has 0 saturated carbocycles. The highest BCUT2D eigenvalue weighted by Gasteiger charge is 2.36. The first-order valence-corrected chi connectivity index (χ1v) is 15.8. The first-order valence-electron chi connectivity index (χ1n) is 15.8. The molecule has 9 aromatic rings. The molecule has 2 aliphatic rings. The van der Waals surface area contributed by atoms with Crippen LogP contribution >= 0.6 is 0 Å². The number of furan rings is 1. The van der Waals surface area contributed by atoms with Crippen molar-refractivity contribution in [1.82, 2.24) is 4.57 Å². The summed E-state index contributed by atoms with van der Waals surface area (Å²) in [6, 6.07) is 47.1. The van der Waals surface area contributed by atoms with E-state index in [0.717, 1.165) is 11.2 Å². The molecule has 2 heteroatoms. The van der Waals surface area contributed by atoms with E-state index in [9.17, 15) is 0 Å². The van der Waals surface area contributed by atoms with E-state index in [1.165, 1.54) is 93.5 Å². The Morgan fingerprint density at radius 3 is 2.16 bits per heavy atom. The largest absolute Gasteiger partial charge is 0.456 e. The fraction of sp³-hybridized carbons (Fsp3) is 0.0698. The Balaban J connectivity index is 1.24. The average Bonchev–Trinajstić information content (AvgIpc) is 3.77. The standard InChI is InChI=1S/C43H27NO/c1-43(2)33-15-6-3-10-24(33)31-22-32-25-11-4-7-16-35(25)44(37(32)23-34(31)43)36-20-18-26-27-19-21-39-42(29-12-5-8-17-38(29)45-39)41(27)30-14-9-13-28(36)40(26)30/h3-23H,1-2H3. The van der Waals surface area contributed by atoms with Crippen LogP contribution in [0.15, 0.2) is 132 Å². The average molecular weight is 574 g/mol. The third-order valence-corrected chi connectivity index (χ3v) is 10.7. The molecular weight excluding hydrogens is 546 g/mol. The summed E-state index contributed by atoms with van der Waals surface area (Å²) in [5, 5.41) is 7.57. The van der Waals surface area contributed by atoms with Crippen LogP contribution < -0.4 is 0 Å². The van der Waals surface area contributed by atoms with E-state index in [0.29, 0.717) is 0 Å². The van der Waals surface area contributed by atoms with Gasteiger partial charge >= 0.3 is 0 Å². The quantitative estimate of drug-likeness (QED) is 0.191. The zero-order chi connectivity index (χ0) is 29.6. The number of hydrogen-bond donors (Lipinski definition) is 0. The van der Waals surface area contributed by atoms with Gasteiger partial charge in [-0.3, -0.25) is 0 Å². The van der Waals surface area contributed by atoms with Crippen molar-refractivity contribution >= 4 is 54.5 Å². The van der Waals surface area contributed by atoms with Crippen molar-refractivity contribution in [3.63, 3.8) is 0 Å². The summed E-state index contributed by atoms with van der Waals surface area (Å²) < 4.78 is 8.84. The lowest BCUT2D eigenvalue weighted by atomic mass is 9.82. The molecule has 2 heterocycles. The van der Waals surface area contributed by atoms with E-state index in [1.54, 1.807) is 0 Å².